The summed E-state index contributed by atoms with van der Waals surface area (Å²) in [4.78, 5) is 16.1. The molecule has 3 rings (SSSR count). The number of para-hydroxylation sites is 2. The second kappa shape index (κ2) is 6.76. The minimum absolute atomic E-state index is 0.0607. The predicted molar refractivity (Wildman–Crippen MR) is 90.5 cm³/mol. The molecule has 0 saturated heterocycles. The summed E-state index contributed by atoms with van der Waals surface area (Å²) >= 11 is 0. The van der Waals surface area contributed by atoms with Gasteiger partial charge < -0.3 is 19.8 Å². The summed E-state index contributed by atoms with van der Waals surface area (Å²) in [6, 6.07) is 12.6. The average molecular weight is 334 g/mol. The van der Waals surface area contributed by atoms with Crippen molar-refractivity contribution >= 4 is 11.7 Å². The number of carbonyl (C=O) groups is 1. The quantitative estimate of drug-likeness (QED) is 0.736. The van der Waals surface area contributed by atoms with E-state index in [1.165, 1.54) is 17.9 Å². The first kappa shape index (κ1) is 16.1. The first-order chi connectivity index (χ1) is 12.2. The molecule has 2 aromatic heterocycles. The zero-order valence-corrected chi connectivity index (χ0v) is 13.3. The summed E-state index contributed by atoms with van der Waals surface area (Å²) in [6.45, 7) is 0. The molecule has 124 valence electrons. The van der Waals surface area contributed by atoms with Crippen LogP contribution in [-0.4, -0.2) is 22.6 Å². The molecule has 0 saturated carbocycles. The number of hydrogen-bond acceptors (Lipinski definition) is 6. The molecule has 0 unspecified atom stereocenters. The molecule has 25 heavy (non-hydrogen) atoms. The van der Waals surface area contributed by atoms with Gasteiger partial charge in [-0.05, 0) is 24.3 Å². The van der Waals surface area contributed by atoms with Crippen molar-refractivity contribution < 1.29 is 14.3 Å². The van der Waals surface area contributed by atoms with E-state index in [4.69, 9.17) is 15.2 Å². The van der Waals surface area contributed by atoms with Crippen LogP contribution in [0.1, 0.15) is 16.1 Å². The van der Waals surface area contributed by atoms with E-state index in [2.05, 4.69) is 4.98 Å². The summed E-state index contributed by atoms with van der Waals surface area (Å²) in [6.07, 6.45) is 4.69. The standard InChI is InChI=1S/C18H14N4O3/c1-24-18(23)17-16(20)12(9-19)11-22(17)14-6-2-3-7-15(14)25-13-5-4-8-21-10-13/h2-8,10-11H,20H2,1H3. The second-order valence-corrected chi connectivity index (χ2v) is 5.04. The number of rotatable bonds is 4. The molecule has 3 aromatic rings. The van der Waals surface area contributed by atoms with Crippen molar-refractivity contribution in [2.75, 3.05) is 12.8 Å². The number of benzene rings is 1. The van der Waals surface area contributed by atoms with Gasteiger partial charge in [0.25, 0.3) is 0 Å². The molecule has 0 fully saturated rings. The van der Waals surface area contributed by atoms with Crippen molar-refractivity contribution in [3.63, 3.8) is 0 Å². The number of methoxy groups -OCH3 is 1. The van der Waals surface area contributed by atoms with Crippen molar-refractivity contribution in [2.45, 2.75) is 0 Å². The van der Waals surface area contributed by atoms with E-state index in [1.807, 2.05) is 6.07 Å². The number of anilines is 1. The minimum atomic E-state index is -0.643. The summed E-state index contributed by atoms with van der Waals surface area (Å²) in [5.41, 5.74) is 6.79. The molecule has 0 atom stereocenters. The third-order valence-corrected chi connectivity index (χ3v) is 3.53. The lowest BCUT2D eigenvalue weighted by molar-refractivity contribution is 0.0593. The molecule has 0 aliphatic rings. The molecule has 0 aliphatic heterocycles. The van der Waals surface area contributed by atoms with E-state index in [1.54, 1.807) is 48.8 Å². The minimum Gasteiger partial charge on any atom is -0.464 e. The van der Waals surface area contributed by atoms with Gasteiger partial charge in [0, 0.05) is 12.4 Å². The molecule has 2 heterocycles. The maximum Gasteiger partial charge on any atom is 0.357 e. The fourth-order valence-corrected chi connectivity index (χ4v) is 2.38. The predicted octanol–water partition coefficient (Wildman–Crippen LogP) is 2.91. The molecular weight excluding hydrogens is 320 g/mol. The molecule has 7 nitrogen and oxygen atoms in total. The van der Waals surface area contributed by atoms with Gasteiger partial charge in [0.2, 0.25) is 0 Å². The Balaban J connectivity index is 2.15. The lowest BCUT2D eigenvalue weighted by Crippen LogP contribution is -2.11. The van der Waals surface area contributed by atoms with Crippen LogP contribution in [-0.2, 0) is 4.74 Å². The number of nitrogens with zero attached hydrogens (tertiary/aromatic N) is 3. The fraction of sp³-hybridized carbons (Fsp3) is 0.0556. The maximum atomic E-state index is 12.1. The van der Waals surface area contributed by atoms with E-state index in [-0.39, 0.29) is 16.9 Å². The van der Waals surface area contributed by atoms with Gasteiger partial charge in [-0.3, -0.25) is 4.98 Å². The Hall–Kier alpha value is -3.79. The van der Waals surface area contributed by atoms with Crippen LogP contribution in [0.2, 0.25) is 0 Å². The summed E-state index contributed by atoms with van der Waals surface area (Å²) in [5, 5.41) is 9.23. The van der Waals surface area contributed by atoms with Gasteiger partial charge in [-0.2, -0.15) is 5.26 Å². The Bertz CT molecular complexity index is 958. The van der Waals surface area contributed by atoms with E-state index < -0.39 is 5.97 Å². The largest absolute Gasteiger partial charge is 0.464 e. The van der Waals surface area contributed by atoms with Crippen LogP contribution < -0.4 is 10.5 Å². The third kappa shape index (κ3) is 3.01. The molecule has 7 heteroatoms. The van der Waals surface area contributed by atoms with Crippen molar-refractivity contribution in [1.29, 1.82) is 5.26 Å². The van der Waals surface area contributed by atoms with Crippen molar-refractivity contribution in [1.82, 2.24) is 9.55 Å². The van der Waals surface area contributed by atoms with E-state index >= 15 is 0 Å². The van der Waals surface area contributed by atoms with Gasteiger partial charge in [-0.25, -0.2) is 4.79 Å². The third-order valence-electron chi connectivity index (χ3n) is 3.53. The van der Waals surface area contributed by atoms with E-state index in [9.17, 15) is 10.1 Å². The highest BCUT2D eigenvalue weighted by molar-refractivity contribution is 5.96. The molecule has 0 bridgehead atoms. The second-order valence-electron chi connectivity index (χ2n) is 5.04. The van der Waals surface area contributed by atoms with Gasteiger partial charge in [-0.15, -0.1) is 0 Å². The van der Waals surface area contributed by atoms with Crippen molar-refractivity contribution in [3.8, 4) is 23.3 Å². The van der Waals surface area contributed by atoms with Gasteiger partial charge >= 0.3 is 5.97 Å². The smallest absolute Gasteiger partial charge is 0.357 e. The zero-order valence-electron chi connectivity index (χ0n) is 13.3. The van der Waals surface area contributed by atoms with Crippen LogP contribution in [0.3, 0.4) is 0 Å². The highest BCUT2D eigenvalue weighted by Crippen LogP contribution is 2.32. The number of aromatic nitrogens is 2. The van der Waals surface area contributed by atoms with Gasteiger partial charge in [0.15, 0.2) is 11.4 Å². The lowest BCUT2D eigenvalue weighted by Gasteiger charge is -2.14. The highest BCUT2D eigenvalue weighted by atomic mass is 16.5. The summed E-state index contributed by atoms with van der Waals surface area (Å²) in [5.74, 6) is 0.366. The maximum absolute atomic E-state index is 12.1. The van der Waals surface area contributed by atoms with Crippen LogP contribution >= 0.6 is 0 Å². The Morgan fingerprint density at radius 2 is 2.08 bits per heavy atom. The Morgan fingerprint density at radius 3 is 2.76 bits per heavy atom. The fourth-order valence-electron chi connectivity index (χ4n) is 2.38. The summed E-state index contributed by atoms with van der Waals surface area (Å²) in [7, 11) is 1.25. The molecule has 0 spiro atoms. The average Bonchev–Trinajstić information content (AvgIpc) is 2.98. The monoisotopic (exact) mass is 334 g/mol. The number of pyridine rings is 1. The number of nitrogen functional groups attached to an aromatic ring is 1. The SMILES string of the molecule is COC(=O)c1c(N)c(C#N)cn1-c1ccccc1Oc1cccnc1. The van der Waals surface area contributed by atoms with Gasteiger partial charge in [0.05, 0.1) is 30.2 Å². The first-order valence-electron chi connectivity index (χ1n) is 7.32. The number of hydrogen-bond donors (Lipinski definition) is 1. The van der Waals surface area contributed by atoms with E-state index in [0.717, 1.165) is 0 Å². The molecule has 1 aromatic carbocycles. The first-order valence-corrected chi connectivity index (χ1v) is 7.32. The van der Waals surface area contributed by atoms with Crippen LogP contribution in [0.5, 0.6) is 11.5 Å². The molecule has 2 N–H and O–H groups in total. The molecule has 0 amide bonds. The topological polar surface area (TPSA) is 103 Å². The number of carbonyl (C=O) groups excluding carboxylic acids is 1. The Kier molecular flexibility index (Phi) is 4.35. The lowest BCUT2D eigenvalue weighted by atomic mass is 10.2. The number of esters is 1. The van der Waals surface area contributed by atoms with Crippen LogP contribution in [0.4, 0.5) is 5.69 Å². The summed E-state index contributed by atoms with van der Waals surface area (Å²) < 4.78 is 12.1. The normalized spacial score (nSPS) is 10.1. The van der Waals surface area contributed by atoms with Crippen LogP contribution in [0.25, 0.3) is 5.69 Å². The number of nitrogens with two attached hydrogens (primary N) is 1. The Labute approximate surface area is 143 Å². The van der Waals surface area contributed by atoms with Gasteiger partial charge in [-0.1, -0.05) is 12.1 Å². The van der Waals surface area contributed by atoms with Crippen LogP contribution in [0, 0.1) is 11.3 Å². The Morgan fingerprint density at radius 1 is 1.28 bits per heavy atom. The molecule has 0 radical (unpaired) electrons. The van der Waals surface area contributed by atoms with Crippen molar-refractivity contribution in [3.05, 3.63) is 66.2 Å². The number of ether oxygens (including phenoxy) is 2. The molecule has 0 aliphatic carbocycles. The molecular formula is C18H14N4O3. The van der Waals surface area contributed by atoms with Gasteiger partial charge in [0.1, 0.15) is 11.8 Å². The van der Waals surface area contributed by atoms with Crippen LogP contribution in [0.15, 0.2) is 55.0 Å². The van der Waals surface area contributed by atoms with E-state index in [0.29, 0.717) is 17.2 Å². The van der Waals surface area contributed by atoms with Crippen molar-refractivity contribution in [2.24, 2.45) is 0 Å². The zero-order chi connectivity index (χ0) is 17.8. The number of nitriles is 1. The highest BCUT2D eigenvalue weighted by Gasteiger charge is 2.23.